The molecule has 0 atom stereocenters. The second kappa shape index (κ2) is 9.99. The third kappa shape index (κ3) is 5.00. The van der Waals surface area contributed by atoms with Gasteiger partial charge >= 0.3 is 11.9 Å². The van der Waals surface area contributed by atoms with E-state index in [0.717, 1.165) is 74.9 Å². The van der Waals surface area contributed by atoms with Crippen LogP contribution in [0.4, 0.5) is 14.5 Å². The number of hydrogen-bond acceptors (Lipinski definition) is 6. The number of fused-ring (bicyclic) bond motifs is 3. The Morgan fingerprint density at radius 3 is 2.34 bits per heavy atom. The molecule has 1 heterocycles. The first-order valence-corrected chi connectivity index (χ1v) is 14.2. The van der Waals surface area contributed by atoms with Gasteiger partial charge < -0.3 is 14.2 Å². The molecule has 4 saturated carbocycles. The summed E-state index contributed by atoms with van der Waals surface area (Å²) in [7, 11) is 1.37. The molecule has 4 aliphatic carbocycles. The Morgan fingerprint density at radius 2 is 1.82 bits per heavy atom. The lowest BCUT2D eigenvalue weighted by atomic mass is 9.53. The first kappa shape index (κ1) is 27.2. The normalized spacial score (nSPS) is 26.0. The van der Waals surface area contributed by atoms with Gasteiger partial charge in [0.25, 0.3) is 5.89 Å². The second-order valence-corrected chi connectivity index (χ2v) is 12.6. The molecule has 2 aromatic rings. The quantitative estimate of drug-likeness (QED) is 0.301. The predicted molar refractivity (Wildman–Crippen MR) is 140 cm³/mol. The van der Waals surface area contributed by atoms with Crippen molar-refractivity contribution < 1.29 is 27.6 Å². The van der Waals surface area contributed by atoms with Gasteiger partial charge in [0.1, 0.15) is 0 Å². The average Bonchev–Trinajstić information content (AvgIpc) is 3.40. The van der Waals surface area contributed by atoms with Gasteiger partial charge in [0.15, 0.2) is 5.82 Å². The van der Waals surface area contributed by atoms with Gasteiger partial charge in [-0.3, -0.25) is 9.59 Å². The van der Waals surface area contributed by atoms with Crippen molar-refractivity contribution in [3.05, 3.63) is 40.5 Å². The summed E-state index contributed by atoms with van der Waals surface area (Å²) >= 11 is 3.56. The molecule has 7 nitrogen and oxygen atoms in total. The van der Waals surface area contributed by atoms with Gasteiger partial charge in [0, 0.05) is 35.5 Å². The van der Waals surface area contributed by atoms with Gasteiger partial charge in [-0.15, -0.1) is 0 Å². The van der Waals surface area contributed by atoms with Crippen LogP contribution in [0, 0.1) is 10.8 Å². The number of methoxy groups -OCH3 is 1. The van der Waals surface area contributed by atoms with Crippen molar-refractivity contribution in [2.45, 2.75) is 88.9 Å². The number of alkyl halides is 2. The fourth-order valence-corrected chi connectivity index (χ4v) is 7.00. The summed E-state index contributed by atoms with van der Waals surface area (Å²) in [5, 5.41) is 3.96. The Bertz CT molecular complexity index is 1180. The first-order chi connectivity index (χ1) is 18.0. The summed E-state index contributed by atoms with van der Waals surface area (Å²) in [6.07, 6.45) is 8.10. The maximum absolute atomic E-state index is 14.2. The zero-order valence-electron chi connectivity index (χ0n) is 21.9. The summed E-state index contributed by atoms with van der Waals surface area (Å²) in [4.78, 5) is 32.2. The smallest absolute Gasteiger partial charge is 0.322 e. The summed E-state index contributed by atoms with van der Waals surface area (Å²) in [5.41, 5.74) is -0.130. The van der Waals surface area contributed by atoms with Gasteiger partial charge in [0.05, 0.1) is 12.5 Å². The zero-order valence-corrected chi connectivity index (χ0v) is 23.5. The summed E-state index contributed by atoms with van der Waals surface area (Å²) in [6, 6.07) is 7.81. The molecular formula is C28H34BrF2N3O4. The minimum Gasteiger partial charge on any atom is -0.469 e. The van der Waals surface area contributed by atoms with E-state index in [1.54, 1.807) is 0 Å². The predicted octanol–water partition coefficient (Wildman–Crippen LogP) is 6.69. The van der Waals surface area contributed by atoms with Crippen molar-refractivity contribution in [3.63, 3.8) is 0 Å². The molecule has 0 spiro atoms. The number of nitrogens with zero attached hydrogens (tertiary/aromatic N) is 3. The summed E-state index contributed by atoms with van der Waals surface area (Å²) in [5.74, 6) is -3.62. The third-order valence-electron chi connectivity index (χ3n) is 9.34. The molecule has 1 aromatic heterocycles. The average molecular weight is 594 g/mol. The first-order valence-electron chi connectivity index (χ1n) is 13.4. The molecule has 6 rings (SSSR count). The minimum absolute atomic E-state index is 0.0751. The highest BCUT2D eigenvalue weighted by atomic mass is 79.9. The van der Waals surface area contributed by atoms with Crippen LogP contribution in [0.1, 0.15) is 89.3 Å². The lowest BCUT2D eigenvalue weighted by Gasteiger charge is -2.54. The molecule has 206 valence electrons. The van der Waals surface area contributed by atoms with Crippen LogP contribution in [-0.2, 0) is 25.7 Å². The maximum Gasteiger partial charge on any atom is 0.322 e. The zero-order chi connectivity index (χ0) is 27.2. The van der Waals surface area contributed by atoms with E-state index in [0.29, 0.717) is 18.8 Å². The number of anilines is 1. The lowest BCUT2D eigenvalue weighted by Crippen LogP contribution is -2.55. The van der Waals surface area contributed by atoms with Crippen molar-refractivity contribution in [1.29, 1.82) is 0 Å². The molecule has 0 aliphatic heterocycles. The third-order valence-corrected chi connectivity index (χ3v) is 9.83. The lowest BCUT2D eigenvalue weighted by molar-refractivity contribution is -0.143. The number of halogens is 3. The largest absolute Gasteiger partial charge is 0.469 e. The summed E-state index contributed by atoms with van der Waals surface area (Å²) < 4.78 is 38.1. The molecule has 0 saturated heterocycles. The SMILES string of the molecule is COC(=O)CCC1(C(=O)N(CC23CCC(c4noc(C(C)(F)F)n4)(CC2)CC3)c2cccc(Br)c2)CCC1. The van der Waals surface area contributed by atoms with Crippen molar-refractivity contribution in [2.75, 3.05) is 18.6 Å². The minimum atomic E-state index is -3.16. The van der Waals surface area contributed by atoms with Crippen molar-refractivity contribution >= 4 is 33.5 Å². The van der Waals surface area contributed by atoms with E-state index in [2.05, 4.69) is 26.1 Å². The number of hydrogen-bond donors (Lipinski definition) is 0. The number of carbonyl (C=O) groups is 2. The van der Waals surface area contributed by atoms with E-state index < -0.39 is 17.2 Å². The fraction of sp³-hybridized carbons (Fsp3) is 0.643. The number of rotatable bonds is 9. The van der Waals surface area contributed by atoms with E-state index in [4.69, 9.17) is 9.26 Å². The van der Waals surface area contributed by atoms with Crippen LogP contribution in [0.3, 0.4) is 0 Å². The molecular weight excluding hydrogens is 560 g/mol. The summed E-state index contributed by atoms with van der Waals surface area (Å²) in [6.45, 7) is 1.35. The monoisotopic (exact) mass is 593 g/mol. The molecule has 0 N–H and O–H groups in total. The number of aromatic nitrogens is 2. The van der Waals surface area contributed by atoms with Gasteiger partial charge in [-0.2, -0.15) is 13.8 Å². The Morgan fingerprint density at radius 1 is 1.13 bits per heavy atom. The standard InChI is InChI=1S/C28H34BrF2N3O4/c1-25(30,31)23-32-22(33-38-23)27-14-11-26(12-15-27,13-16-27)18-34(20-6-3-5-19(29)17-20)24(36)28(8-4-9-28)10-7-21(35)37-2/h3,5-6,17H,4,7-16,18H2,1-2H3. The van der Waals surface area contributed by atoms with Crippen molar-refractivity contribution in [2.24, 2.45) is 10.8 Å². The topological polar surface area (TPSA) is 85.5 Å². The van der Waals surface area contributed by atoms with Gasteiger partial charge in [-0.05, 0) is 81.4 Å². The number of amides is 1. The van der Waals surface area contributed by atoms with Gasteiger partial charge in [0.2, 0.25) is 5.91 Å². The van der Waals surface area contributed by atoms with E-state index in [9.17, 15) is 18.4 Å². The Hall–Kier alpha value is -2.36. The maximum atomic E-state index is 14.2. The number of ether oxygens (including phenoxy) is 1. The van der Waals surface area contributed by atoms with E-state index in [-0.39, 0.29) is 29.1 Å². The van der Waals surface area contributed by atoms with Crippen LogP contribution in [-0.4, -0.2) is 35.7 Å². The van der Waals surface area contributed by atoms with Crippen molar-refractivity contribution in [1.82, 2.24) is 10.1 Å². The Labute approximate surface area is 229 Å². The molecule has 1 amide bonds. The molecule has 1 aromatic carbocycles. The highest BCUT2D eigenvalue weighted by Gasteiger charge is 2.54. The molecule has 2 bridgehead atoms. The molecule has 4 aliphatic rings. The Balaban J connectivity index is 1.37. The second-order valence-electron chi connectivity index (χ2n) is 11.7. The fourth-order valence-electron chi connectivity index (χ4n) is 6.62. The molecule has 0 unspecified atom stereocenters. The van der Waals surface area contributed by atoms with Crippen LogP contribution in [0.15, 0.2) is 33.3 Å². The van der Waals surface area contributed by atoms with E-state index >= 15 is 0 Å². The van der Waals surface area contributed by atoms with Crippen LogP contribution in [0.25, 0.3) is 0 Å². The number of benzene rings is 1. The van der Waals surface area contributed by atoms with E-state index in [1.807, 2.05) is 29.2 Å². The molecule has 10 heteroatoms. The van der Waals surface area contributed by atoms with Crippen LogP contribution >= 0.6 is 15.9 Å². The molecule has 0 radical (unpaired) electrons. The van der Waals surface area contributed by atoms with Crippen LogP contribution in [0.5, 0.6) is 0 Å². The van der Waals surface area contributed by atoms with Crippen LogP contribution in [0.2, 0.25) is 0 Å². The number of esters is 1. The highest BCUT2D eigenvalue weighted by molar-refractivity contribution is 9.10. The molecule has 4 fully saturated rings. The highest BCUT2D eigenvalue weighted by Crippen LogP contribution is 2.58. The number of carbonyl (C=O) groups excluding carboxylic acids is 2. The van der Waals surface area contributed by atoms with Gasteiger partial charge in [-0.25, -0.2) is 0 Å². The molecule has 38 heavy (non-hydrogen) atoms. The van der Waals surface area contributed by atoms with Crippen molar-refractivity contribution in [3.8, 4) is 0 Å². The Kier molecular flexibility index (Phi) is 7.16. The van der Waals surface area contributed by atoms with E-state index in [1.165, 1.54) is 7.11 Å². The van der Waals surface area contributed by atoms with Crippen LogP contribution < -0.4 is 4.90 Å². The van der Waals surface area contributed by atoms with Gasteiger partial charge in [-0.1, -0.05) is 33.6 Å².